The normalized spacial score (nSPS) is 15.2. The summed E-state index contributed by atoms with van der Waals surface area (Å²) in [5, 5.41) is 0. The molecule has 1 aromatic rings. The van der Waals surface area contributed by atoms with Crippen LogP contribution < -0.4 is 4.46 Å². The van der Waals surface area contributed by atoms with E-state index in [1.807, 2.05) is 35.2 Å². The molecule has 0 saturated carbocycles. The Morgan fingerprint density at radius 3 is 2.58 bits per heavy atom. The van der Waals surface area contributed by atoms with E-state index >= 15 is 0 Å². The van der Waals surface area contributed by atoms with Crippen molar-refractivity contribution in [1.29, 1.82) is 0 Å². The Hall–Kier alpha value is -1.38. The first-order chi connectivity index (χ1) is 12.6. The third-order valence-electron chi connectivity index (χ3n) is 4.89. The van der Waals surface area contributed by atoms with E-state index < -0.39 is 0 Å². The molecule has 0 radical (unpaired) electrons. The Kier molecular flexibility index (Phi) is 9.14. The summed E-state index contributed by atoms with van der Waals surface area (Å²) in [6, 6.07) is 10.1. The third kappa shape index (κ3) is 7.47. The number of allylic oxidation sites excluding steroid dienone is 2. The summed E-state index contributed by atoms with van der Waals surface area (Å²) in [6.07, 6.45) is 10.5. The van der Waals surface area contributed by atoms with Crippen LogP contribution in [0.2, 0.25) is 0 Å². The Labute approximate surface area is 164 Å². The van der Waals surface area contributed by atoms with Gasteiger partial charge in [0.15, 0.2) is 0 Å². The summed E-state index contributed by atoms with van der Waals surface area (Å²) in [4.78, 5) is 26.1. The van der Waals surface area contributed by atoms with Crippen LogP contribution in [0.15, 0.2) is 42.1 Å². The van der Waals surface area contributed by atoms with Gasteiger partial charge < -0.3 is 0 Å². The number of rotatable bonds is 10. The second kappa shape index (κ2) is 11.4. The maximum absolute atomic E-state index is 12.1. The standard InChI is InChI=1S/C22H31NO2Se/c1-18(10-9-15-22(25)26-21-13-7-4-8-14-21)16-17-23(19(2)24)20-11-5-3-6-12-20/h4,7-8,11,13-14,18H,3,5-6,9-10,12,15-17H2,1-2H3. The number of amides is 1. The van der Waals surface area contributed by atoms with Gasteiger partial charge in [0.1, 0.15) is 0 Å². The predicted octanol–water partition coefficient (Wildman–Crippen LogP) is 4.05. The van der Waals surface area contributed by atoms with Gasteiger partial charge in [-0.3, -0.25) is 0 Å². The summed E-state index contributed by atoms with van der Waals surface area (Å²) in [5.74, 6) is 0.698. The van der Waals surface area contributed by atoms with Gasteiger partial charge in [-0.05, 0) is 0 Å². The summed E-state index contributed by atoms with van der Waals surface area (Å²) >= 11 is -0.0522. The fourth-order valence-corrected chi connectivity index (χ4v) is 5.01. The summed E-state index contributed by atoms with van der Waals surface area (Å²) in [7, 11) is 0. The van der Waals surface area contributed by atoms with E-state index in [9.17, 15) is 9.59 Å². The molecule has 0 bridgehead atoms. The Balaban J connectivity index is 1.67. The first-order valence-electron chi connectivity index (χ1n) is 9.79. The minimum atomic E-state index is -0.0522. The van der Waals surface area contributed by atoms with E-state index in [0.717, 1.165) is 43.1 Å². The van der Waals surface area contributed by atoms with Gasteiger partial charge in [-0.2, -0.15) is 0 Å². The SMILES string of the molecule is CC(=O)N(CCC(C)CCCC(=O)[Se]c1ccccc1)C1=CCCCC1. The van der Waals surface area contributed by atoms with Crippen LogP contribution in [0.4, 0.5) is 0 Å². The molecule has 1 amide bonds. The fraction of sp³-hybridized carbons (Fsp3) is 0.545. The Bertz CT molecular complexity index is 612. The maximum atomic E-state index is 12.1. The van der Waals surface area contributed by atoms with E-state index in [1.165, 1.54) is 18.5 Å². The molecule has 1 unspecified atom stereocenters. The van der Waals surface area contributed by atoms with E-state index in [1.54, 1.807) is 6.92 Å². The topological polar surface area (TPSA) is 37.4 Å². The zero-order valence-electron chi connectivity index (χ0n) is 16.1. The number of hydrogen-bond donors (Lipinski definition) is 0. The molecular weight excluding hydrogens is 389 g/mol. The van der Waals surface area contributed by atoms with Crippen molar-refractivity contribution in [3.63, 3.8) is 0 Å². The number of benzene rings is 1. The van der Waals surface area contributed by atoms with Crippen LogP contribution in [0.3, 0.4) is 0 Å². The van der Waals surface area contributed by atoms with Crippen molar-refractivity contribution in [1.82, 2.24) is 4.90 Å². The van der Waals surface area contributed by atoms with Crippen LogP contribution in [0, 0.1) is 5.92 Å². The molecule has 26 heavy (non-hydrogen) atoms. The zero-order chi connectivity index (χ0) is 18.8. The molecule has 142 valence electrons. The Morgan fingerprint density at radius 2 is 1.92 bits per heavy atom. The molecule has 4 heteroatoms. The minimum absolute atomic E-state index is 0.0522. The summed E-state index contributed by atoms with van der Waals surface area (Å²) < 4.78 is 1.55. The molecule has 0 saturated heterocycles. The molecule has 0 spiro atoms. The Morgan fingerprint density at radius 1 is 1.15 bits per heavy atom. The van der Waals surface area contributed by atoms with Crippen molar-refractivity contribution < 1.29 is 9.59 Å². The quantitative estimate of drug-likeness (QED) is 0.536. The van der Waals surface area contributed by atoms with E-state index in [-0.39, 0.29) is 20.9 Å². The predicted molar refractivity (Wildman–Crippen MR) is 108 cm³/mol. The van der Waals surface area contributed by atoms with E-state index in [0.29, 0.717) is 17.0 Å². The van der Waals surface area contributed by atoms with Crippen LogP contribution in [0.1, 0.15) is 65.2 Å². The van der Waals surface area contributed by atoms with Crippen LogP contribution in [-0.2, 0) is 9.59 Å². The molecule has 0 aliphatic heterocycles. The van der Waals surface area contributed by atoms with Gasteiger partial charge in [0, 0.05) is 0 Å². The van der Waals surface area contributed by atoms with Crippen LogP contribution in [0.5, 0.6) is 0 Å². The van der Waals surface area contributed by atoms with Gasteiger partial charge in [-0.15, -0.1) is 0 Å². The molecular formula is C22H31NO2Se. The molecule has 1 aromatic carbocycles. The molecule has 2 rings (SSSR count). The van der Waals surface area contributed by atoms with Crippen LogP contribution in [-0.4, -0.2) is 37.0 Å². The third-order valence-corrected chi connectivity index (χ3v) is 6.86. The molecule has 1 aliphatic carbocycles. The van der Waals surface area contributed by atoms with Gasteiger partial charge in [-0.25, -0.2) is 0 Å². The van der Waals surface area contributed by atoms with Gasteiger partial charge >= 0.3 is 164 Å². The van der Waals surface area contributed by atoms with Crippen LogP contribution >= 0.6 is 0 Å². The summed E-state index contributed by atoms with van der Waals surface area (Å²) in [5.41, 5.74) is 1.22. The number of carbonyl (C=O) groups is 2. The van der Waals surface area contributed by atoms with E-state index in [4.69, 9.17) is 0 Å². The molecule has 0 N–H and O–H groups in total. The van der Waals surface area contributed by atoms with Crippen molar-refractivity contribution in [3.8, 4) is 0 Å². The fourth-order valence-electron chi connectivity index (χ4n) is 3.33. The van der Waals surface area contributed by atoms with Crippen molar-refractivity contribution in [2.45, 2.75) is 65.2 Å². The molecule has 0 fully saturated rings. The summed E-state index contributed by atoms with van der Waals surface area (Å²) in [6.45, 7) is 4.72. The molecule has 1 atom stereocenters. The van der Waals surface area contributed by atoms with Crippen molar-refractivity contribution in [3.05, 3.63) is 42.1 Å². The number of nitrogens with zero attached hydrogens (tertiary/aromatic N) is 1. The van der Waals surface area contributed by atoms with Gasteiger partial charge in [0.2, 0.25) is 0 Å². The average molecular weight is 420 g/mol. The monoisotopic (exact) mass is 421 g/mol. The van der Waals surface area contributed by atoms with Crippen molar-refractivity contribution in [2.75, 3.05) is 6.54 Å². The van der Waals surface area contributed by atoms with Gasteiger partial charge in [0.25, 0.3) is 0 Å². The molecule has 0 heterocycles. The number of carbonyl (C=O) groups excluding carboxylic acids is 2. The van der Waals surface area contributed by atoms with Gasteiger partial charge in [-0.1, -0.05) is 0 Å². The first kappa shape index (κ1) is 20.9. The van der Waals surface area contributed by atoms with E-state index in [2.05, 4.69) is 13.0 Å². The number of hydrogen-bond acceptors (Lipinski definition) is 2. The zero-order valence-corrected chi connectivity index (χ0v) is 17.8. The molecule has 0 aromatic heterocycles. The van der Waals surface area contributed by atoms with Crippen LogP contribution in [0.25, 0.3) is 0 Å². The second-order valence-corrected chi connectivity index (χ2v) is 9.56. The molecule has 3 nitrogen and oxygen atoms in total. The average Bonchev–Trinajstić information content (AvgIpc) is 2.63. The van der Waals surface area contributed by atoms with Gasteiger partial charge in [0.05, 0.1) is 0 Å². The first-order valence-corrected chi connectivity index (χ1v) is 11.5. The van der Waals surface area contributed by atoms with Crippen molar-refractivity contribution >= 4 is 30.0 Å². The second-order valence-electron chi connectivity index (χ2n) is 7.19. The van der Waals surface area contributed by atoms with Crippen molar-refractivity contribution in [2.24, 2.45) is 5.92 Å². The molecule has 1 aliphatic rings.